The number of amides is 1. The molecule has 32 heavy (non-hydrogen) atoms. The summed E-state index contributed by atoms with van der Waals surface area (Å²) in [5.74, 6) is 1.23. The van der Waals surface area contributed by atoms with Gasteiger partial charge in [-0.3, -0.25) is 9.69 Å². The van der Waals surface area contributed by atoms with Gasteiger partial charge in [0.25, 0.3) is 0 Å². The van der Waals surface area contributed by atoms with Crippen molar-refractivity contribution in [1.82, 2.24) is 4.90 Å². The molecule has 0 radical (unpaired) electrons. The number of hydrogen-bond acceptors (Lipinski definition) is 5. The van der Waals surface area contributed by atoms with Gasteiger partial charge >= 0.3 is 0 Å². The number of hydrogen-bond donors (Lipinski definition) is 1. The Balaban J connectivity index is 1.65. The van der Waals surface area contributed by atoms with Crippen molar-refractivity contribution < 1.29 is 14.3 Å². The van der Waals surface area contributed by atoms with Gasteiger partial charge in [0.05, 0.1) is 42.5 Å². The zero-order valence-electron chi connectivity index (χ0n) is 18.1. The van der Waals surface area contributed by atoms with Crippen molar-refractivity contribution in [2.45, 2.75) is 19.4 Å². The van der Waals surface area contributed by atoms with Crippen LogP contribution in [0.5, 0.6) is 11.5 Å². The zero-order chi connectivity index (χ0) is 22.8. The Morgan fingerprint density at radius 3 is 2.62 bits per heavy atom. The fourth-order valence-corrected chi connectivity index (χ4v) is 5.42. The van der Waals surface area contributed by atoms with Crippen LogP contribution >= 0.6 is 34.5 Å². The van der Waals surface area contributed by atoms with Gasteiger partial charge in [0, 0.05) is 11.4 Å². The van der Waals surface area contributed by atoms with Gasteiger partial charge in [-0.2, -0.15) is 0 Å². The fourth-order valence-electron chi connectivity index (χ4n) is 4.08. The minimum atomic E-state index is -0.162. The number of carbonyl (C=O) groups excluding carboxylic acids is 1. The summed E-state index contributed by atoms with van der Waals surface area (Å²) in [5.41, 5.74) is 3.63. The van der Waals surface area contributed by atoms with E-state index in [1.165, 1.54) is 5.56 Å². The van der Waals surface area contributed by atoms with E-state index in [0.29, 0.717) is 27.2 Å². The summed E-state index contributed by atoms with van der Waals surface area (Å²) in [5, 5.41) is 5.84. The van der Waals surface area contributed by atoms with Crippen LogP contribution in [0.2, 0.25) is 10.0 Å². The van der Waals surface area contributed by atoms with Crippen molar-refractivity contribution in [3.63, 3.8) is 0 Å². The molecule has 168 valence electrons. The molecule has 2 aromatic carbocycles. The summed E-state index contributed by atoms with van der Waals surface area (Å²) >= 11 is 14.3. The highest BCUT2D eigenvalue weighted by atomic mass is 35.5. The van der Waals surface area contributed by atoms with Gasteiger partial charge in [0.1, 0.15) is 0 Å². The smallest absolute Gasteiger partial charge is 0.238 e. The van der Waals surface area contributed by atoms with Crippen LogP contribution in [0.15, 0.2) is 41.8 Å². The van der Waals surface area contributed by atoms with Crippen LogP contribution in [0.1, 0.15) is 27.6 Å². The quantitative estimate of drug-likeness (QED) is 0.462. The topological polar surface area (TPSA) is 50.8 Å². The van der Waals surface area contributed by atoms with Crippen molar-refractivity contribution in [2.24, 2.45) is 0 Å². The highest BCUT2D eigenvalue weighted by Crippen LogP contribution is 2.42. The molecule has 0 spiro atoms. The highest BCUT2D eigenvalue weighted by Gasteiger charge is 2.32. The Morgan fingerprint density at radius 1 is 1.19 bits per heavy atom. The Kier molecular flexibility index (Phi) is 6.96. The second kappa shape index (κ2) is 9.71. The normalized spacial score (nSPS) is 15.8. The molecule has 5 nitrogen and oxygen atoms in total. The molecule has 0 fully saturated rings. The van der Waals surface area contributed by atoms with Crippen LogP contribution < -0.4 is 14.8 Å². The lowest BCUT2D eigenvalue weighted by Gasteiger charge is -2.37. The van der Waals surface area contributed by atoms with Gasteiger partial charge in [0.15, 0.2) is 11.5 Å². The number of nitrogens with zero attached hydrogens (tertiary/aromatic N) is 1. The average Bonchev–Trinajstić information content (AvgIpc) is 3.32. The van der Waals surface area contributed by atoms with Crippen LogP contribution in [0.3, 0.4) is 0 Å². The summed E-state index contributed by atoms with van der Waals surface area (Å²) in [7, 11) is 3.27. The summed E-state index contributed by atoms with van der Waals surface area (Å²) < 4.78 is 11.0. The Morgan fingerprint density at radius 2 is 1.94 bits per heavy atom. The molecule has 1 aliphatic heterocycles. The number of ether oxygens (including phenoxy) is 2. The molecular weight excluding hydrogens is 467 g/mol. The minimum Gasteiger partial charge on any atom is -0.493 e. The number of halogens is 2. The van der Waals surface area contributed by atoms with Crippen molar-refractivity contribution in [2.75, 3.05) is 32.6 Å². The number of thiophene rings is 1. The third-order valence-corrected chi connectivity index (χ3v) is 7.41. The van der Waals surface area contributed by atoms with Crippen molar-refractivity contribution in [3.05, 3.63) is 73.4 Å². The molecule has 8 heteroatoms. The first kappa shape index (κ1) is 22.9. The number of nitrogens with one attached hydrogen (secondary N) is 1. The van der Waals surface area contributed by atoms with E-state index in [0.717, 1.165) is 29.0 Å². The number of benzene rings is 2. The summed E-state index contributed by atoms with van der Waals surface area (Å²) in [6.45, 7) is 2.81. The van der Waals surface area contributed by atoms with Crippen LogP contribution in [0.25, 0.3) is 0 Å². The molecule has 1 amide bonds. The predicted octanol–water partition coefficient (Wildman–Crippen LogP) is 5.97. The van der Waals surface area contributed by atoms with Crippen LogP contribution in [0.4, 0.5) is 5.69 Å². The average molecular weight is 491 g/mol. The number of methoxy groups -OCH3 is 2. The largest absolute Gasteiger partial charge is 0.493 e. The van der Waals surface area contributed by atoms with E-state index in [4.69, 9.17) is 32.7 Å². The van der Waals surface area contributed by atoms with E-state index in [1.807, 2.05) is 31.2 Å². The maximum absolute atomic E-state index is 13.0. The van der Waals surface area contributed by atoms with Gasteiger partial charge in [-0.25, -0.2) is 0 Å². The van der Waals surface area contributed by atoms with E-state index < -0.39 is 0 Å². The van der Waals surface area contributed by atoms with E-state index in [-0.39, 0.29) is 18.5 Å². The zero-order valence-corrected chi connectivity index (χ0v) is 20.4. The van der Waals surface area contributed by atoms with Crippen molar-refractivity contribution >= 4 is 46.1 Å². The lowest BCUT2D eigenvalue weighted by Crippen LogP contribution is -2.41. The van der Waals surface area contributed by atoms with E-state index >= 15 is 0 Å². The first-order valence-corrected chi connectivity index (χ1v) is 11.8. The molecule has 0 bridgehead atoms. The molecule has 0 unspecified atom stereocenters. The van der Waals surface area contributed by atoms with Crippen LogP contribution in [-0.2, 0) is 11.2 Å². The summed E-state index contributed by atoms with van der Waals surface area (Å²) in [6.07, 6.45) is 0.802. The molecule has 0 saturated heterocycles. The van der Waals surface area contributed by atoms with Gasteiger partial charge < -0.3 is 14.8 Å². The van der Waals surface area contributed by atoms with Gasteiger partial charge in [0.2, 0.25) is 5.91 Å². The van der Waals surface area contributed by atoms with Crippen LogP contribution in [-0.4, -0.2) is 38.1 Å². The third kappa shape index (κ3) is 4.46. The molecule has 0 saturated carbocycles. The lowest BCUT2D eigenvalue weighted by molar-refractivity contribution is -0.117. The third-order valence-electron chi connectivity index (χ3n) is 5.68. The second-order valence-corrected chi connectivity index (χ2v) is 9.41. The van der Waals surface area contributed by atoms with Crippen molar-refractivity contribution in [3.8, 4) is 11.5 Å². The van der Waals surface area contributed by atoms with Gasteiger partial charge in [-0.05, 0) is 59.7 Å². The maximum Gasteiger partial charge on any atom is 0.238 e. The first-order chi connectivity index (χ1) is 15.4. The minimum absolute atomic E-state index is 0.0623. The number of carbonyl (C=O) groups is 1. The molecule has 1 N–H and O–H groups in total. The van der Waals surface area contributed by atoms with E-state index in [1.54, 1.807) is 31.6 Å². The lowest BCUT2D eigenvalue weighted by atomic mass is 9.91. The van der Waals surface area contributed by atoms with Gasteiger partial charge in [-0.15, -0.1) is 11.3 Å². The second-order valence-electron chi connectivity index (χ2n) is 7.65. The number of anilines is 1. The molecular formula is C24H24Cl2N2O3S. The molecule has 1 aromatic heterocycles. The molecule has 4 rings (SSSR count). The molecule has 0 aliphatic carbocycles. The Bertz CT molecular complexity index is 1130. The molecule has 3 aromatic rings. The standard InChI is InChI=1S/C24H24Cl2N2O3S/c1-14-6-7-17(25)23(22(14)26)27-21(29)13-28-9-8-15-11-18(30-2)19(31-3)12-16(15)24(28)20-5-4-10-32-20/h4-7,10-12,24H,8-9,13H2,1-3H3,(H,27,29)/t24-/m0/s1. The van der Waals surface area contributed by atoms with Crippen molar-refractivity contribution in [1.29, 1.82) is 0 Å². The Hall–Kier alpha value is -2.25. The highest BCUT2D eigenvalue weighted by molar-refractivity contribution is 7.10. The monoisotopic (exact) mass is 490 g/mol. The number of fused-ring (bicyclic) bond motifs is 1. The van der Waals surface area contributed by atoms with E-state index in [2.05, 4.69) is 21.7 Å². The first-order valence-electron chi connectivity index (χ1n) is 10.2. The predicted molar refractivity (Wildman–Crippen MR) is 131 cm³/mol. The Labute approximate surface area is 201 Å². The molecule has 1 atom stereocenters. The van der Waals surface area contributed by atoms with Gasteiger partial charge in [-0.1, -0.05) is 35.3 Å². The summed E-state index contributed by atoms with van der Waals surface area (Å²) in [4.78, 5) is 16.4. The summed E-state index contributed by atoms with van der Waals surface area (Å²) in [6, 6.07) is 11.7. The number of rotatable bonds is 6. The van der Waals surface area contributed by atoms with E-state index in [9.17, 15) is 4.79 Å². The fraction of sp³-hybridized carbons (Fsp3) is 0.292. The SMILES string of the molecule is COc1cc2c(cc1OC)[C@@H](c1cccs1)N(CC(=O)Nc1c(Cl)ccc(C)c1Cl)CC2. The molecule has 2 heterocycles. The maximum atomic E-state index is 13.0. The molecule has 1 aliphatic rings. The number of aryl methyl sites for hydroxylation is 1. The van der Waals surface area contributed by atoms with Crippen LogP contribution in [0, 0.1) is 6.92 Å².